The van der Waals surface area contributed by atoms with Crippen LogP contribution in [0.5, 0.6) is 0 Å². The molecule has 2 fully saturated rings. The summed E-state index contributed by atoms with van der Waals surface area (Å²) in [6.45, 7) is 4.54. The van der Waals surface area contributed by atoms with Gasteiger partial charge in [-0.25, -0.2) is 4.98 Å². The Kier molecular flexibility index (Phi) is 3.22. The zero-order valence-electron chi connectivity index (χ0n) is 9.61. The monoisotopic (exact) mass is 237 g/mol. The Bertz CT molecular complexity index is 340. The van der Waals surface area contributed by atoms with Crippen LogP contribution in [0.1, 0.15) is 36.4 Å². The van der Waals surface area contributed by atoms with Crippen LogP contribution < -0.4 is 5.32 Å². The molecular weight excluding hydrogens is 218 g/mol. The molecule has 0 radical (unpaired) electrons. The van der Waals surface area contributed by atoms with E-state index in [-0.39, 0.29) is 0 Å². The summed E-state index contributed by atoms with van der Waals surface area (Å²) < 4.78 is 0. The molecular formula is C12H19N3S. The first-order valence-electron chi connectivity index (χ1n) is 6.29. The molecule has 4 heteroatoms. The number of aromatic nitrogens is 1. The average Bonchev–Trinajstić information content (AvgIpc) is 2.78. The van der Waals surface area contributed by atoms with E-state index >= 15 is 0 Å². The van der Waals surface area contributed by atoms with Gasteiger partial charge in [0.1, 0.15) is 5.01 Å². The highest BCUT2D eigenvalue weighted by Crippen LogP contribution is 2.20. The van der Waals surface area contributed by atoms with Crippen molar-refractivity contribution < 1.29 is 0 Å². The standard InChI is InChI=1S/C12H19N3S/c1-2-6-15(5-1)8-11-9-16-12(14-11)7-13-10-3-4-10/h9-10,13H,1-8H2. The fourth-order valence-electron chi connectivity index (χ4n) is 2.19. The van der Waals surface area contributed by atoms with Crippen molar-refractivity contribution in [1.29, 1.82) is 0 Å². The van der Waals surface area contributed by atoms with E-state index in [1.54, 1.807) is 11.3 Å². The van der Waals surface area contributed by atoms with Gasteiger partial charge in [0, 0.05) is 24.5 Å². The number of nitrogens with one attached hydrogen (secondary N) is 1. The summed E-state index contributed by atoms with van der Waals surface area (Å²) in [7, 11) is 0. The third-order valence-electron chi connectivity index (χ3n) is 3.30. The largest absolute Gasteiger partial charge is 0.308 e. The van der Waals surface area contributed by atoms with Crippen molar-refractivity contribution in [3.05, 3.63) is 16.1 Å². The Hall–Kier alpha value is -0.450. The average molecular weight is 237 g/mol. The summed E-state index contributed by atoms with van der Waals surface area (Å²) in [4.78, 5) is 7.19. The smallest absolute Gasteiger partial charge is 0.107 e. The molecule has 88 valence electrons. The molecule has 1 aromatic rings. The van der Waals surface area contributed by atoms with E-state index in [2.05, 4.69) is 20.6 Å². The maximum absolute atomic E-state index is 4.69. The highest BCUT2D eigenvalue weighted by molar-refractivity contribution is 7.09. The summed E-state index contributed by atoms with van der Waals surface area (Å²) in [6, 6.07) is 0.783. The number of likely N-dealkylation sites (tertiary alicyclic amines) is 1. The lowest BCUT2D eigenvalue weighted by atomic mass is 10.4. The topological polar surface area (TPSA) is 28.2 Å². The quantitative estimate of drug-likeness (QED) is 0.849. The normalized spacial score (nSPS) is 21.8. The summed E-state index contributed by atoms with van der Waals surface area (Å²) in [5, 5.41) is 6.99. The van der Waals surface area contributed by atoms with Gasteiger partial charge >= 0.3 is 0 Å². The minimum Gasteiger partial charge on any atom is -0.308 e. The second kappa shape index (κ2) is 4.82. The maximum atomic E-state index is 4.69. The van der Waals surface area contributed by atoms with E-state index in [0.29, 0.717) is 0 Å². The Morgan fingerprint density at radius 2 is 2.19 bits per heavy atom. The van der Waals surface area contributed by atoms with Gasteiger partial charge in [-0.15, -0.1) is 11.3 Å². The Balaban J connectivity index is 1.50. The molecule has 3 rings (SSSR count). The SMILES string of the molecule is c1sc(CNC2CC2)nc1CN1CCCC1. The zero-order valence-corrected chi connectivity index (χ0v) is 10.4. The molecule has 2 aliphatic rings. The number of rotatable bonds is 5. The summed E-state index contributed by atoms with van der Waals surface area (Å²) in [5.74, 6) is 0. The molecule has 0 amide bonds. The van der Waals surface area contributed by atoms with Crippen LogP contribution in [0.15, 0.2) is 5.38 Å². The lowest BCUT2D eigenvalue weighted by molar-refractivity contribution is 0.327. The van der Waals surface area contributed by atoms with Crippen molar-refractivity contribution in [3.63, 3.8) is 0 Å². The van der Waals surface area contributed by atoms with Gasteiger partial charge in [-0.2, -0.15) is 0 Å². The molecule has 16 heavy (non-hydrogen) atoms. The Labute approximate surface area is 101 Å². The van der Waals surface area contributed by atoms with Crippen LogP contribution in [0.4, 0.5) is 0 Å². The molecule has 1 aromatic heterocycles. The van der Waals surface area contributed by atoms with Gasteiger partial charge in [0.25, 0.3) is 0 Å². The minimum atomic E-state index is 0.783. The molecule has 0 unspecified atom stereocenters. The van der Waals surface area contributed by atoms with Gasteiger partial charge < -0.3 is 5.32 Å². The van der Waals surface area contributed by atoms with Gasteiger partial charge in [-0.3, -0.25) is 4.90 Å². The molecule has 1 saturated carbocycles. The van der Waals surface area contributed by atoms with Crippen molar-refractivity contribution in [3.8, 4) is 0 Å². The van der Waals surface area contributed by atoms with Crippen molar-refractivity contribution in [2.75, 3.05) is 13.1 Å². The van der Waals surface area contributed by atoms with Gasteiger partial charge in [-0.05, 0) is 38.8 Å². The molecule has 1 N–H and O–H groups in total. The highest BCUT2D eigenvalue weighted by Gasteiger charge is 2.20. The van der Waals surface area contributed by atoms with Crippen LogP contribution in [0, 0.1) is 0 Å². The van der Waals surface area contributed by atoms with E-state index in [9.17, 15) is 0 Å². The highest BCUT2D eigenvalue weighted by atomic mass is 32.1. The van der Waals surface area contributed by atoms with E-state index in [1.165, 1.54) is 49.5 Å². The molecule has 0 atom stereocenters. The number of thiazole rings is 1. The molecule has 1 aliphatic heterocycles. The van der Waals surface area contributed by atoms with E-state index in [4.69, 9.17) is 0 Å². The van der Waals surface area contributed by atoms with E-state index < -0.39 is 0 Å². The van der Waals surface area contributed by atoms with Crippen molar-refractivity contribution >= 4 is 11.3 Å². The van der Waals surface area contributed by atoms with Gasteiger partial charge in [-0.1, -0.05) is 0 Å². The van der Waals surface area contributed by atoms with Crippen LogP contribution in [0.25, 0.3) is 0 Å². The summed E-state index contributed by atoms with van der Waals surface area (Å²) in [5.41, 5.74) is 1.26. The van der Waals surface area contributed by atoms with Gasteiger partial charge in [0.2, 0.25) is 0 Å². The number of hydrogen-bond acceptors (Lipinski definition) is 4. The second-order valence-electron chi connectivity index (χ2n) is 4.87. The fraction of sp³-hybridized carbons (Fsp3) is 0.750. The fourth-order valence-corrected chi connectivity index (χ4v) is 2.93. The predicted molar refractivity (Wildman–Crippen MR) is 66.5 cm³/mol. The third kappa shape index (κ3) is 2.81. The first-order chi connectivity index (χ1) is 7.90. The third-order valence-corrected chi connectivity index (χ3v) is 4.20. The maximum Gasteiger partial charge on any atom is 0.107 e. The van der Waals surface area contributed by atoms with Gasteiger partial charge in [0.15, 0.2) is 0 Å². The molecule has 3 nitrogen and oxygen atoms in total. The second-order valence-corrected chi connectivity index (χ2v) is 5.81. The van der Waals surface area contributed by atoms with Gasteiger partial charge in [0.05, 0.1) is 5.69 Å². The Morgan fingerprint density at radius 1 is 1.38 bits per heavy atom. The van der Waals surface area contributed by atoms with Crippen molar-refractivity contribution in [2.24, 2.45) is 0 Å². The molecule has 0 bridgehead atoms. The van der Waals surface area contributed by atoms with E-state index in [1.807, 2.05) is 0 Å². The molecule has 0 aromatic carbocycles. The minimum absolute atomic E-state index is 0.783. The summed E-state index contributed by atoms with van der Waals surface area (Å²) in [6.07, 6.45) is 5.43. The van der Waals surface area contributed by atoms with Crippen molar-refractivity contribution in [2.45, 2.75) is 44.8 Å². The molecule has 2 heterocycles. The van der Waals surface area contributed by atoms with Crippen LogP contribution in [-0.2, 0) is 13.1 Å². The van der Waals surface area contributed by atoms with Crippen LogP contribution in [0.2, 0.25) is 0 Å². The first kappa shape index (κ1) is 10.7. The number of nitrogens with zero attached hydrogens (tertiary/aromatic N) is 2. The first-order valence-corrected chi connectivity index (χ1v) is 7.17. The number of hydrogen-bond donors (Lipinski definition) is 1. The summed E-state index contributed by atoms with van der Waals surface area (Å²) >= 11 is 1.80. The van der Waals surface area contributed by atoms with Crippen LogP contribution in [-0.4, -0.2) is 29.0 Å². The predicted octanol–water partition coefficient (Wildman–Crippen LogP) is 1.99. The molecule has 1 saturated heterocycles. The van der Waals surface area contributed by atoms with Crippen LogP contribution >= 0.6 is 11.3 Å². The lowest BCUT2D eigenvalue weighted by Crippen LogP contribution is -2.19. The Morgan fingerprint density at radius 3 is 2.94 bits per heavy atom. The molecule has 0 spiro atoms. The zero-order chi connectivity index (χ0) is 10.8. The van der Waals surface area contributed by atoms with Crippen LogP contribution in [0.3, 0.4) is 0 Å². The van der Waals surface area contributed by atoms with Crippen molar-refractivity contribution in [1.82, 2.24) is 15.2 Å². The van der Waals surface area contributed by atoms with E-state index in [0.717, 1.165) is 19.1 Å². The lowest BCUT2D eigenvalue weighted by Gasteiger charge is -2.11. The molecule has 1 aliphatic carbocycles.